The van der Waals surface area contributed by atoms with Crippen LogP contribution in [-0.4, -0.2) is 55.6 Å². The maximum absolute atomic E-state index is 5.94. The van der Waals surface area contributed by atoms with Crippen LogP contribution in [0.25, 0.3) is 0 Å². The van der Waals surface area contributed by atoms with Gasteiger partial charge in [-0.2, -0.15) is 5.10 Å². The number of ether oxygens (including phenoxy) is 2. The van der Waals surface area contributed by atoms with Crippen molar-refractivity contribution in [1.29, 1.82) is 0 Å². The number of nitrogens with one attached hydrogen (secondary N) is 2. The van der Waals surface area contributed by atoms with Crippen molar-refractivity contribution < 1.29 is 9.47 Å². The van der Waals surface area contributed by atoms with Crippen LogP contribution >= 0.6 is 12.2 Å². The SMILES string of the molecule is S=C(NCCCN1CCOCC1)N/N=C\c1ccccc1OCc1ccccc1. The Morgan fingerprint density at radius 2 is 1.86 bits per heavy atom. The zero-order chi connectivity index (χ0) is 20.2. The highest BCUT2D eigenvalue weighted by Gasteiger charge is 2.09. The number of hydrazone groups is 1. The third kappa shape index (κ3) is 7.81. The predicted molar refractivity (Wildman–Crippen MR) is 120 cm³/mol. The molecule has 0 radical (unpaired) electrons. The molecule has 1 fully saturated rings. The second-order valence-electron chi connectivity index (χ2n) is 6.75. The average Bonchev–Trinajstić information content (AvgIpc) is 2.77. The van der Waals surface area contributed by atoms with Crippen LogP contribution in [0.1, 0.15) is 17.5 Å². The number of morpholine rings is 1. The monoisotopic (exact) mass is 412 g/mol. The molecule has 7 heteroatoms. The molecule has 3 rings (SSSR count). The molecule has 0 aliphatic carbocycles. The van der Waals surface area contributed by atoms with Crippen LogP contribution in [0.3, 0.4) is 0 Å². The highest BCUT2D eigenvalue weighted by Crippen LogP contribution is 2.17. The van der Waals surface area contributed by atoms with E-state index >= 15 is 0 Å². The quantitative estimate of drug-likeness (QED) is 0.286. The van der Waals surface area contributed by atoms with Crippen molar-refractivity contribution in [3.63, 3.8) is 0 Å². The molecule has 0 saturated carbocycles. The van der Waals surface area contributed by atoms with Crippen molar-refractivity contribution in [2.24, 2.45) is 5.10 Å². The molecule has 2 N–H and O–H groups in total. The lowest BCUT2D eigenvalue weighted by atomic mass is 10.2. The summed E-state index contributed by atoms with van der Waals surface area (Å²) in [6.45, 7) is 6.07. The van der Waals surface area contributed by atoms with Gasteiger partial charge in [0.15, 0.2) is 5.11 Å². The fourth-order valence-electron chi connectivity index (χ4n) is 2.98. The van der Waals surface area contributed by atoms with E-state index in [1.54, 1.807) is 6.21 Å². The van der Waals surface area contributed by atoms with E-state index in [1.807, 2.05) is 54.6 Å². The number of nitrogens with zero attached hydrogens (tertiary/aromatic N) is 2. The van der Waals surface area contributed by atoms with E-state index in [0.29, 0.717) is 11.7 Å². The van der Waals surface area contributed by atoms with Crippen molar-refractivity contribution in [1.82, 2.24) is 15.6 Å². The lowest BCUT2D eigenvalue weighted by molar-refractivity contribution is 0.0376. The third-order valence-electron chi connectivity index (χ3n) is 4.57. The van der Waals surface area contributed by atoms with Gasteiger partial charge in [-0.3, -0.25) is 10.3 Å². The van der Waals surface area contributed by atoms with Crippen LogP contribution in [0, 0.1) is 0 Å². The van der Waals surface area contributed by atoms with Crippen LogP contribution in [-0.2, 0) is 11.3 Å². The summed E-state index contributed by atoms with van der Waals surface area (Å²) in [5.41, 5.74) is 4.89. The molecule has 1 aliphatic rings. The van der Waals surface area contributed by atoms with Crippen molar-refractivity contribution in [2.75, 3.05) is 39.4 Å². The summed E-state index contributed by atoms with van der Waals surface area (Å²) in [7, 11) is 0. The first-order chi connectivity index (χ1) is 14.3. The molecule has 0 unspecified atom stereocenters. The first kappa shape index (κ1) is 21.2. The van der Waals surface area contributed by atoms with Crippen molar-refractivity contribution in [3.8, 4) is 5.75 Å². The second-order valence-corrected chi connectivity index (χ2v) is 7.15. The first-order valence-electron chi connectivity index (χ1n) is 9.94. The van der Waals surface area contributed by atoms with Crippen LogP contribution in [0.15, 0.2) is 59.7 Å². The van der Waals surface area contributed by atoms with Gasteiger partial charge < -0.3 is 14.8 Å². The summed E-state index contributed by atoms with van der Waals surface area (Å²) in [4.78, 5) is 2.41. The Kier molecular flexibility index (Phi) is 8.90. The van der Waals surface area contributed by atoms with E-state index in [0.717, 1.165) is 62.7 Å². The largest absolute Gasteiger partial charge is 0.488 e. The minimum Gasteiger partial charge on any atom is -0.488 e. The van der Waals surface area contributed by atoms with Crippen molar-refractivity contribution in [2.45, 2.75) is 13.0 Å². The molecule has 2 aromatic carbocycles. The molecule has 1 saturated heterocycles. The predicted octanol–water partition coefficient (Wildman–Crippen LogP) is 2.79. The van der Waals surface area contributed by atoms with E-state index in [9.17, 15) is 0 Å². The number of hydrogen-bond acceptors (Lipinski definition) is 5. The average molecular weight is 413 g/mol. The summed E-state index contributed by atoms with van der Waals surface area (Å²) in [5, 5.41) is 7.95. The normalized spacial score (nSPS) is 14.6. The molecule has 2 aromatic rings. The van der Waals surface area contributed by atoms with Crippen LogP contribution < -0.4 is 15.5 Å². The Balaban J connectivity index is 1.38. The van der Waals surface area contributed by atoms with Crippen LogP contribution in [0.4, 0.5) is 0 Å². The Labute approximate surface area is 177 Å². The van der Waals surface area contributed by atoms with Gasteiger partial charge in [-0.15, -0.1) is 0 Å². The molecule has 154 valence electrons. The van der Waals surface area contributed by atoms with Crippen molar-refractivity contribution in [3.05, 3.63) is 65.7 Å². The third-order valence-corrected chi connectivity index (χ3v) is 4.80. The molecule has 29 heavy (non-hydrogen) atoms. The standard InChI is InChI=1S/C22H28N4O2S/c29-22(23-11-6-12-26-13-15-27-16-14-26)25-24-17-20-9-4-5-10-21(20)28-18-19-7-2-1-3-8-19/h1-5,7-10,17H,6,11-16,18H2,(H2,23,25,29)/b24-17-. The minimum absolute atomic E-state index is 0.516. The van der Waals surface area contributed by atoms with Crippen LogP contribution in [0.5, 0.6) is 5.75 Å². The zero-order valence-corrected chi connectivity index (χ0v) is 17.4. The van der Waals surface area contributed by atoms with Crippen LogP contribution in [0.2, 0.25) is 0 Å². The highest BCUT2D eigenvalue weighted by atomic mass is 32.1. The fraction of sp³-hybridized carbons (Fsp3) is 0.364. The molecular weight excluding hydrogens is 384 g/mol. The maximum Gasteiger partial charge on any atom is 0.186 e. The van der Waals surface area contributed by atoms with Gasteiger partial charge in [0, 0.05) is 25.2 Å². The van der Waals surface area contributed by atoms with Gasteiger partial charge in [0.05, 0.1) is 19.4 Å². The van der Waals surface area contributed by atoms with E-state index in [1.165, 1.54) is 0 Å². The van der Waals surface area contributed by atoms with Gasteiger partial charge >= 0.3 is 0 Å². The molecule has 6 nitrogen and oxygen atoms in total. The smallest absolute Gasteiger partial charge is 0.186 e. The summed E-state index contributed by atoms with van der Waals surface area (Å²) in [6.07, 6.45) is 2.75. The molecule has 0 spiro atoms. The van der Waals surface area contributed by atoms with E-state index in [4.69, 9.17) is 21.7 Å². The van der Waals surface area contributed by atoms with Gasteiger partial charge in [0.25, 0.3) is 0 Å². The molecular formula is C22H28N4O2S. The Morgan fingerprint density at radius 3 is 2.69 bits per heavy atom. The molecule has 0 atom stereocenters. The van der Waals surface area contributed by atoms with Gasteiger partial charge in [0.2, 0.25) is 0 Å². The van der Waals surface area contributed by atoms with E-state index < -0.39 is 0 Å². The lowest BCUT2D eigenvalue weighted by Crippen LogP contribution is -2.39. The fourth-order valence-corrected chi connectivity index (χ4v) is 3.14. The van der Waals surface area contributed by atoms with Gasteiger partial charge in [-0.1, -0.05) is 42.5 Å². The van der Waals surface area contributed by atoms with Gasteiger partial charge in [-0.25, -0.2) is 0 Å². The van der Waals surface area contributed by atoms with Gasteiger partial charge in [0.1, 0.15) is 12.4 Å². The first-order valence-corrected chi connectivity index (χ1v) is 10.3. The number of thiocarbonyl (C=S) groups is 1. The van der Waals surface area contributed by atoms with Crippen molar-refractivity contribution >= 4 is 23.5 Å². The summed E-state index contributed by atoms with van der Waals surface area (Å²) < 4.78 is 11.3. The summed E-state index contributed by atoms with van der Waals surface area (Å²) >= 11 is 5.29. The topological polar surface area (TPSA) is 58.1 Å². The summed E-state index contributed by atoms with van der Waals surface area (Å²) in [6, 6.07) is 17.9. The Morgan fingerprint density at radius 1 is 1.10 bits per heavy atom. The Hall–Kier alpha value is -2.48. The molecule has 1 heterocycles. The molecule has 0 aromatic heterocycles. The highest BCUT2D eigenvalue weighted by molar-refractivity contribution is 7.80. The number of para-hydroxylation sites is 1. The number of rotatable bonds is 9. The zero-order valence-electron chi connectivity index (χ0n) is 16.5. The maximum atomic E-state index is 5.94. The molecule has 0 amide bonds. The lowest BCUT2D eigenvalue weighted by Gasteiger charge is -2.26. The van der Waals surface area contributed by atoms with Gasteiger partial charge in [-0.05, 0) is 42.9 Å². The van der Waals surface area contributed by atoms with E-state index in [-0.39, 0.29) is 0 Å². The molecule has 1 aliphatic heterocycles. The number of hydrogen-bond donors (Lipinski definition) is 2. The molecule has 0 bridgehead atoms. The number of benzene rings is 2. The van der Waals surface area contributed by atoms with E-state index in [2.05, 4.69) is 20.7 Å². The minimum atomic E-state index is 0.516. The second kappa shape index (κ2) is 12.2. The summed E-state index contributed by atoms with van der Waals surface area (Å²) in [5.74, 6) is 0.784. The Bertz CT molecular complexity index is 779.